The van der Waals surface area contributed by atoms with Crippen molar-refractivity contribution in [3.63, 3.8) is 0 Å². The number of para-hydroxylation sites is 2. The van der Waals surface area contributed by atoms with Gasteiger partial charge in [-0.25, -0.2) is 17.2 Å². The van der Waals surface area contributed by atoms with Crippen LogP contribution < -0.4 is 4.18 Å². The van der Waals surface area contributed by atoms with Crippen molar-refractivity contribution in [3.05, 3.63) is 148 Å². The molecule has 2 aliphatic rings. The molecular formula is C35H27NO8S2. The molecule has 11 heteroatoms. The average molecular weight is 654 g/mol. The zero-order valence-electron chi connectivity index (χ0n) is 24.7. The molecule has 3 heterocycles. The van der Waals surface area contributed by atoms with Gasteiger partial charge in [-0.05, 0) is 55.3 Å². The minimum Gasteiger partial charge on any atom is -0.459 e. The van der Waals surface area contributed by atoms with Gasteiger partial charge in [0.15, 0.2) is 11.5 Å². The molecule has 1 unspecified atom stereocenters. The second kappa shape index (κ2) is 11.0. The maximum atomic E-state index is 14.0. The summed E-state index contributed by atoms with van der Waals surface area (Å²) in [5.41, 5.74) is 2.46. The van der Waals surface area contributed by atoms with Crippen molar-refractivity contribution in [2.45, 2.75) is 31.3 Å². The lowest BCUT2D eigenvalue weighted by Gasteiger charge is -2.33. The maximum absolute atomic E-state index is 14.0. The number of carbonyl (C=O) groups is 1. The van der Waals surface area contributed by atoms with E-state index < -0.39 is 32.0 Å². The molecule has 4 aromatic carbocycles. The number of hydrogen-bond acceptors (Lipinski definition) is 8. The van der Waals surface area contributed by atoms with Gasteiger partial charge in [-0.2, -0.15) is 8.42 Å². The first-order chi connectivity index (χ1) is 22.1. The van der Waals surface area contributed by atoms with Crippen LogP contribution in [0.25, 0.3) is 16.7 Å². The third-order valence-corrected chi connectivity index (χ3v) is 11.1. The Labute approximate surface area is 266 Å². The molecule has 1 aromatic heterocycles. The first-order valence-electron chi connectivity index (χ1n) is 14.4. The molecule has 0 bridgehead atoms. The van der Waals surface area contributed by atoms with E-state index in [0.717, 1.165) is 15.1 Å². The minimum atomic E-state index is -4.55. The van der Waals surface area contributed by atoms with Crippen LogP contribution in [0.3, 0.4) is 0 Å². The van der Waals surface area contributed by atoms with Crippen LogP contribution in [0.5, 0.6) is 5.75 Å². The molecule has 0 saturated heterocycles. The fourth-order valence-corrected chi connectivity index (χ4v) is 8.61. The van der Waals surface area contributed by atoms with Crippen LogP contribution in [0.4, 0.5) is 0 Å². The van der Waals surface area contributed by atoms with E-state index in [-0.39, 0.29) is 44.8 Å². The van der Waals surface area contributed by atoms with E-state index in [1.165, 1.54) is 24.4 Å². The summed E-state index contributed by atoms with van der Waals surface area (Å²) < 4.78 is 74.5. The molecule has 1 atom stereocenters. The molecule has 0 saturated carbocycles. The summed E-state index contributed by atoms with van der Waals surface area (Å²) in [6.45, 7) is 3.33. The van der Waals surface area contributed by atoms with Crippen molar-refractivity contribution < 1.29 is 35.3 Å². The molecular weight excluding hydrogens is 627 g/mol. The van der Waals surface area contributed by atoms with E-state index >= 15 is 0 Å². The van der Waals surface area contributed by atoms with E-state index in [1.54, 1.807) is 73.7 Å². The number of aromatic nitrogens is 1. The van der Waals surface area contributed by atoms with Gasteiger partial charge in [0.2, 0.25) is 0 Å². The maximum Gasteiger partial charge on any atom is 0.340 e. The van der Waals surface area contributed by atoms with Gasteiger partial charge < -0.3 is 13.7 Å². The van der Waals surface area contributed by atoms with Gasteiger partial charge in [0.1, 0.15) is 17.3 Å². The molecule has 0 fully saturated rings. The number of fused-ring (bicyclic) bond motifs is 3. The smallest absolute Gasteiger partial charge is 0.340 e. The summed E-state index contributed by atoms with van der Waals surface area (Å²) in [6.07, 6.45) is 1.37. The summed E-state index contributed by atoms with van der Waals surface area (Å²) in [4.78, 5) is 13.7. The largest absolute Gasteiger partial charge is 0.459 e. The van der Waals surface area contributed by atoms with Gasteiger partial charge in [-0.1, -0.05) is 78.4 Å². The van der Waals surface area contributed by atoms with Gasteiger partial charge in [0.05, 0.1) is 27.5 Å². The quantitative estimate of drug-likeness (QED) is 0.153. The fraction of sp³-hybridized carbons (Fsp3) is 0.114. The van der Waals surface area contributed by atoms with E-state index in [2.05, 4.69) is 0 Å². The molecule has 232 valence electrons. The molecule has 0 radical (unpaired) electrons. The van der Waals surface area contributed by atoms with E-state index in [4.69, 9.17) is 13.7 Å². The SMILES string of the molecule is CC1=C(C(=O)OCc2ccccc2)C(c2cn(S(=O)(=O)c3ccc(C)cc3)c3ccccc23)C2=C(O1)c1ccccc1OS2(=O)=O. The van der Waals surface area contributed by atoms with Crippen LogP contribution in [0.1, 0.15) is 35.1 Å². The van der Waals surface area contributed by atoms with Crippen LogP contribution in [0.15, 0.2) is 130 Å². The molecule has 7 rings (SSSR count). The number of rotatable bonds is 6. The lowest BCUT2D eigenvalue weighted by atomic mass is 9.86. The third-order valence-electron chi connectivity index (χ3n) is 8.04. The zero-order valence-corrected chi connectivity index (χ0v) is 26.3. The highest BCUT2D eigenvalue weighted by Crippen LogP contribution is 2.52. The number of ether oxygens (including phenoxy) is 2. The second-order valence-electron chi connectivity index (χ2n) is 11.0. The Morgan fingerprint density at radius 3 is 2.30 bits per heavy atom. The van der Waals surface area contributed by atoms with Crippen molar-refractivity contribution >= 4 is 42.8 Å². The summed E-state index contributed by atoms with van der Waals surface area (Å²) in [6, 6.07) is 28.7. The predicted molar refractivity (Wildman–Crippen MR) is 171 cm³/mol. The summed E-state index contributed by atoms with van der Waals surface area (Å²) in [7, 11) is -8.70. The highest BCUT2D eigenvalue weighted by atomic mass is 32.2. The molecule has 0 amide bonds. The van der Waals surface area contributed by atoms with Crippen LogP contribution >= 0.6 is 0 Å². The fourth-order valence-electron chi connectivity index (χ4n) is 5.85. The van der Waals surface area contributed by atoms with Crippen molar-refractivity contribution in [3.8, 4) is 5.75 Å². The standard InChI is InChI=1S/C35H27NO8S2/c1-22-16-18-25(19-17-22)45(38,39)36-20-28(26-12-6-8-14-29(26)36)32-31(35(37)42-21-24-10-4-3-5-11-24)23(2)43-33-27-13-7-9-15-30(27)44-46(40,41)34(32)33/h3-20,32H,21H2,1-2H3. The van der Waals surface area contributed by atoms with E-state index in [0.29, 0.717) is 16.5 Å². The molecule has 2 aliphatic heterocycles. The van der Waals surface area contributed by atoms with Crippen molar-refractivity contribution in [2.75, 3.05) is 0 Å². The van der Waals surface area contributed by atoms with Gasteiger partial charge in [0, 0.05) is 11.6 Å². The van der Waals surface area contributed by atoms with Gasteiger partial charge in [0.25, 0.3) is 10.0 Å². The van der Waals surface area contributed by atoms with Gasteiger partial charge in [-0.15, -0.1) is 0 Å². The summed E-state index contributed by atoms with van der Waals surface area (Å²) in [5.74, 6) is -1.95. The highest BCUT2D eigenvalue weighted by Gasteiger charge is 2.48. The topological polar surface area (TPSA) is 118 Å². The molecule has 46 heavy (non-hydrogen) atoms. The van der Waals surface area contributed by atoms with Gasteiger partial charge >= 0.3 is 16.1 Å². The first-order valence-corrected chi connectivity index (χ1v) is 17.2. The molecule has 0 N–H and O–H groups in total. The monoisotopic (exact) mass is 653 g/mol. The Morgan fingerprint density at radius 2 is 1.54 bits per heavy atom. The lowest BCUT2D eigenvalue weighted by Crippen LogP contribution is -2.31. The summed E-state index contributed by atoms with van der Waals surface area (Å²) in [5, 5.41) is 0.423. The Kier molecular flexibility index (Phi) is 7.10. The van der Waals surface area contributed by atoms with Crippen LogP contribution in [-0.2, 0) is 41.0 Å². The number of aryl methyl sites for hydroxylation is 1. The van der Waals surface area contributed by atoms with Crippen LogP contribution in [0, 0.1) is 6.92 Å². The number of allylic oxidation sites excluding steroid dienone is 2. The Morgan fingerprint density at radius 1 is 0.870 bits per heavy atom. The number of nitrogens with zero attached hydrogens (tertiary/aromatic N) is 1. The van der Waals surface area contributed by atoms with Crippen molar-refractivity contribution in [1.29, 1.82) is 0 Å². The minimum absolute atomic E-state index is 0.00202. The Bertz CT molecular complexity index is 2320. The average Bonchev–Trinajstić information content (AvgIpc) is 3.44. The second-order valence-corrected chi connectivity index (χ2v) is 14.3. The van der Waals surface area contributed by atoms with Crippen LogP contribution in [0.2, 0.25) is 0 Å². The third kappa shape index (κ3) is 4.88. The number of esters is 1. The summed E-state index contributed by atoms with van der Waals surface area (Å²) >= 11 is 0. The van der Waals surface area contributed by atoms with Crippen molar-refractivity contribution in [1.82, 2.24) is 3.97 Å². The predicted octanol–water partition coefficient (Wildman–Crippen LogP) is 6.41. The molecule has 0 aliphatic carbocycles. The number of hydrogen-bond donors (Lipinski definition) is 0. The lowest BCUT2D eigenvalue weighted by molar-refractivity contribution is -0.140. The molecule has 0 spiro atoms. The van der Waals surface area contributed by atoms with Crippen LogP contribution in [-0.4, -0.2) is 26.8 Å². The number of carbonyl (C=O) groups excluding carboxylic acids is 1. The van der Waals surface area contributed by atoms with Gasteiger partial charge in [-0.3, -0.25) is 0 Å². The Balaban J connectivity index is 1.47. The number of benzene rings is 4. The zero-order chi connectivity index (χ0) is 32.2. The van der Waals surface area contributed by atoms with E-state index in [9.17, 15) is 21.6 Å². The normalized spacial score (nSPS) is 17.1. The first kappa shape index (κ1) is 29.6. The van der Waals surface area contributed by atoms with E-state index in [1.807, 2.05) is 25.1 Å². The molecule has 9 nitrogen and oxygen atoms in total. The van der Waals surface area contributed by atoms with Crippen molar-refractivity contribution in [2.24, 2.45) is 0 Å². The highest BCUT2D eigenvalue weighted by molar-refractivity contribution is 7.91. The molecule has 5 aromatic rings. The Hall–Kier alpha value is -5.13.